The van der Waals surface area contributed by atoms with Crippen LogP contribution in [-0.2, 0) is 32.0 Å². The van der Waals surface area contributed by atoms with E-state index >= 15 is 0 Å². The molecular formula is C40H64N10O13Si2. The molecule has 65 heavy (non-hydrogen) atoms. The summed E-state index contributed by atoms with van der Waals surface area (Å²) in [7, 11) is -5.75. The lowest BCUT2D eigenvalue weighted by Crippen LogP contribution is -2.65. The highest BCUT2D eigenvalue weighted by atomic mass is 28.5. The normalized spacial score (nSPS) is 26.6. The molecule has 2 amide bonds. The van der Waals surface area contributed by atoms with Gasteiger partial charge in [0, 0.05) is 11.8 Å². The second kappa shape index (κ2) is 19.5. The van der Waals surface area contributed by atoms with Crippen LogP contribution < -0.4 is 21.8 Å². The molecule has 0 spiro atoms. The van der Waals surface area contributed by atoms with Crippen molar-refractivity contribution >= 4 is 63.2 Å². The van der Waals surface area contributed by atoms with Crippen molar-refractivity contribution in [1.82, 2.24) is 39.0 Å². The Balaban J connectivity index is 0.000000239. The van der Waals surface area contributed by atoms with E-state index in [1.807, 2.05) is 0 Å². The smallest absolute Gasteiger partial charge is 0.335 e. The van der Waals surface area contributed by atoms with Crippen LogP contribution in [0.5, 0.6) is 0 Å². The minimum Gasteiger partial charge on any atom is -0.414 e. The summed E-state index contributed by atoms with van der Waals surface area (Å²) in [6.45, 7) is 23.7. The number of aliphatic hydroxyl groups excluding tert-OH is 4. The number of aromatic nitrogens is 8. The van der Waals surface area contributed by atoms with Crippen molar-refractivity contribution in [2.45, 2.75) is 154 Å². The van der Waals surface area contributed by atoms with Gasteiger partial charge in [-0.1, -0.05) is 83.1 Å². The predicted octanol–water partition coefficient (Wildman–Crippen LogP) is 2.25. The summed E-state index contributed by atoms with van der Waals surface area (Å²) in [4.78, 5) is 70.7. The number of nitrogens with one attached hydrogen (secondary N) is 4. The molecule has 0 aromatic carbocycles. The Morgan fingerprint density at radius 1 is 0.708 bits per heavy atom. The van der Waals surface area contributed by atoms with Gasteiger partial charge in [-0.15, -0.1) is 0 Å². The minimum atomic E-state index is -2.97. The SMILES string of the molecule is CC(C)C(=O)Nc1nc2c(ncn2[C@@H]2O[C@@H]3CO[Si](C(C)C)(C(C)C)O[Si](C(C)C)(C(C)C)O[C@H]3[C@H]2O)c(=O)[nH]1.CC(C)C(=O)Nc1nc2c(ncn2[C@@H]2O[C@H](CO)[C@@H](O)[C@H]2O)c(=O)[nH]1. The highest BCUT2D eigenvalue weighted by Gasteiger charge is 2.62. The number of hydrogen-bond donors (Lipinski definition) is 8. The number of fused-ring (bicyclic) bond motifs is 3. The Hall–Kier alpha value is -4.29. The number of hydrogen-bond acceptors (Lipinski definition) is 17. The van der Waals surface area contributed by atoms with Gasteiger partial charge in [-0.25, -0.2) is 9.97 Å². The van der Waals surface area contributed by atoms with Crippen LogP contribution in [-0.4, -0.2) is 138 Å². The molecular weight excluding hydrogens is 885 g/mol. The van der Waals surface area contributed by atoms with Crippen LogP contribution in [0.15, 0.2) is 22.2 Å². The standard InChI is InChI=1S/C26H45N5O7Si2.C14H19N5O6/c1-13(2)23(33)29-26-28-22-19(24(34)30-26)27-12-31(22)25-20(32)21-18(36-25)11-35-39(14(3)4,15(5)6)38-40(37-21,16(7)8)17(9)10;1-5(2)11(23)17-14-16-10-7(12(24)18-14)15-4-19(10)13-9(22)8(21)6(3-20)25-13/h12-18,20-21,25,32H,11H2,1-10H3,(H2,28,29,30,33,34);4-6,8-9,13,20-22H,3H2,1-2H3,(H2,16,17,18,23,24)/t18-,20-,21-,25-;6-,8-,9-,13-/m11/s1. The number of H-pyrrole nitrogens is 2. The van der Waals surface area contributed by atoms with Crippen molar-refractivity contribution in [2.75, 3.05) is 23.8 Å². The molecule has 4 aromatic rings. The number of amides is 2. The first-order chi connectivity index (χ1) is 30.5. The molecule has 0 aliphatic carbocycles. The number of carbonyl (C=O) groups is 2. The average Bonchev–Trinajstić information content (AvgIpc) is 3.98. The van der Waals surface area contributed by atoms with Gasteiger partial charge in [0.05, 0.1) is 25.9 Å². The van der Waals surface area contributed by atoms with Crippen LogP contribution in [0.2, 0.25) is 22.2 Å². The fourth-order valence-corrected chi connectivity index (χ4v) is 19.6. The minimum absolute atomic E-state index is 0.000117. The highest BCUT2D eigenvalue weighted by molar-refractivity contribution is 6.84. The van der Waals surface area contributed by atoms with Crippen LogP contribution >= 0.6 is 0 Å². The van der Waals surface area contributed by atoms with E-state index < -0.39 is 83.9 Å². The van der Waals surface area contributed by atoms with Crippen LogP contribution in [0.25, 0.3) is 22.3 Å². The number of ether oxygens (including phenoxy) is 2. The number of aromatic amines is 2. The van der Waals surface area contributed by atoms with E-state index in [1.54, 1.807) is 27.7 Å². The van der Waals surface area contributed by atoms with Crippen molar-refractivity contribution in [2.24, 2.45) is 11.8 Å². The molecule has 0 radical (unpaired) electrons. The van der Waals surface area contributed by atoms with E-state index in [4.69, 9.17) is 22.4 Å². The predicted molar refractivity (Wildman–Crippen MR) is 240 cm³/mol. The zero-order valence-corrected chi connectivity index (χ0v) is 40.8. The summed E-state index contributed by atoms with van der Waals surface area (Å²) < 4.78 is 35.6. The summed E-state index contributed by atoms with van der Waals surface area (Å²) in [6.07, 6.45) is -5.38. The van der Waals surface area contributed by atoms with Gasteiger partial charge in [-0.05, 0) is 22.2 Å². The Morgan fingerprint density at radius 2 is 1.15 bits per heavy atom. The van der Waals surface area contributed by atoms with Gasteiger partial charge >= 0.3 is 17.1 Å². The largest absolute Gasteiger partial charge is 0.414 e. The number of rotatable bonds is 11. The molecule has 3 aliphatic heterocycles. The lowest BCUT2D eigenvalue weighted by Gasteiger charge is -2.51. The molecule has 7 rings (SSSR count). The molecule has 3 aliphatic rings. The first kappa shape index (κ1) is 50.1. The molecule has 0 saturated carbocycles. The van der Waals surface area contributed by atoms with Crippen molar-refractivity contribution in [3.8, 4) is 0 Å². The number of carbonyl (C=O) groups excluding carboxylic acids is 2. The summed E-state index contributed by atoms with van der Waals surface area (Å²) >= 11 is 0. The first-order valence-corrected chi connectivity index (χ1v) is 25.9. The van der Waals surface area contributed by atoms with Gasteiger partial charge in [0.25, 0.3) is 11.1 Å². The first-order valence-electron chi connectivity index (χ1n) is 22.0. The number of anilines is 2. The fourth-order valence-electron chi connectivity index (χ4n) is 8.34. The Labute approximate surface area is 377 Å². The Bertz CT molecular complexity index is 2440. The molecule has 25 heteroatoms. The maximum Gasteiger partial charge on any atom is 0.335 e. The van der Waals surface area contributed by atoms with Gasteiger partial charge in [0.15, 0.2) is 34.8 Å². The summed E-state index contributed by atoms with van der Waals surface area (Å²) in [5.41, 5.74) is -0.250. The second-order valence-corrected chi connectivity index (χ2v) is 27.5. The molecule has 0 unspecified atom stereocenters. The summed E-state index contributed by atoms with van der Waals surface area (Å²) in [6, 6.07) is 0. The number of imidazole rings is 2. The molecule has 360 valence electrons. The Kier molecular flexibility index (Phi) is 15.0. The maximum absolute atomic E-state index is 12.8. The van der Waals surface area contributed by atoms with E-state index in [0.717, 1.165) is 0 Å². The van der Waals surface area contributed by atoms with Gasteiger partial charge in [-0.2, -0.15) is 9.97 Å². The topological polar surface area (TPSA) is 312 Å². The van der Waals surface area contributed by atoms with Gasteiger partial charge in [0.1, 0.15) is 36.6 Å². The van der Waals surface area contributed by atoms with E-state index in [1.165, 1.54) is 21.8 Å². The third-order valence-corrected chi connectivity index (χ3v) is 22.4. The maximum atomic E-state index is 12.8. The van der Waals surface area contributed by atoms with E-state index in [2.05, 4.69) is 95.9 Å². The van der Waals surface area contributed by atoms with Gasteiger partial charge < -0.3 is 42.9 Å². The molecule has 3 saturated heterocycles. The molecule has 4 aromatic heterocycles. The monoisotopic (exact) mass is 948 g/mol. The molecule has 8 atom stereocenters. The van der Waals surface area contributed by atoms with Gasteiger partial charge in [0.2, 0.25) is 23.7 Å². The Morgan fingerprint density at radius 3 is 1.55 bits per heavy atom. The van der Waals surface area contributed by atoms with E-state index in [9.17, 15) is 39.6 Å². The molecule has 23 nitrogen and oxygen atoms in total. The lowest BCUT2D eigenvalue weighted by molar-refractivity contribution is -0.119. The van der Waals surface area contributed by atoms with Crippen LogP contribution in [0, 0.1) is 11.8 Å². The van der Waals surface area contributed by atoms with Crippen LogP contribution in [0.1, 0.15) is 95.5 Å². The van der Waals surface area contributed by atoms with Crippen molar-refractivity contribution in [1.29, 1.82) is 0 Å². The molecule has 8 N–H and O–H groups in total. The fraction of sp³-hybridized carbons (Fsp3) is 0.700. The van der Waals surface area contributed by atoms with E-state index in [0.29, 0.717) is 0 Å². The molecule has 7 heterocycles. The van der Waals surface area contributed by atoms with Gasteiger partial charge in [-0.3, -0.25) is 48.9 Å². The quantitative estimate of drug-likeness (QED) is 0.100. The number of aliphatic hydroxyl groups is 4. The van der Waals surface area contributed by atoms with Crippen LogP contribution in [0.4, 0.5) is 11.9 Å². The van der Waals surface area contributed by atoms with Crippen molar-refractivity contribution in [3.63, 3.8) is 0 Å². The summed E-state index contributed by atoms with van der Waals surface area (Å²) in [5.74, 6) is -1.31. The third-order valence-electron chi connectivity index (χ3n) is 12.1. The zero-order chi connectivity index (χ0) is 48.0. The van der Waals surface area contributed by atoms with Crippen molar-refractivity contribution in [3.05, 3.63) is 33.4 Å². The highest BCUT2D eigenvalue weighted by Crippen LogP contribution is 2.48. The summed E-state index contributed by atoms with van der Waals surface area (Å²) in [5, 5.41) is 46.0. The van der Waals surface area contributed by atoms with Crippen LogP contribution in [0.3, 0.4) is 0 Å². The van der Waals surface area contributed by atoms with Crippen molar-refractivity contribution < 1.29 is 52.5 Å². The third kappa shape index (κ3) is 9.50. The molecule has 3 fully saturated rings. The molecule has 0 bridgehead atoms. The van der Waals surface area contributed by atoms with E-state index in [-0.39, 0.29) is 86.6 Å². The average molecular weight is 949 g/mol. The number of nitrogens with zero attached hydrogens (tertiary/aromatic N) is 6. The second-order valence-electron chi connectivity index (χ2n) is 18.6. The zero-order valence-electron chi connectivity index (χ0n) is 38.8. The lowest BCUT2D eigenvalue weighted by atomic mass is 10.1.